The highest BCUT2D eigenvalue weighted by atomic mass is 32.2. The number of piperidine rings is 1. The Balaban J connectivity index is 1.51. The molecular weight excluding hydrogens is 507 g/mol. The molecule has 3 aromatic rings. The summed E-state index contributed by atoms with van der Waals surface area (Å²) in [6.07, 6.45) is 0.876. The molecule has 1 fully saturated rings. The molecule has 1 aliphatic rings. The highest BCUT2D eigenvalue weighted by molar-refractivity contribution is 7.89. The van der Waals surface area contributed by atoms with Gasteiger partial charge in [0.2, 0.25) is 0 Å². The molecule has 0 spiro atoms. The standard InChI is InChI=1S/C25H26F3N5O3S/c1-16-11-21(24(34)32-20-8-9-30-22(13-20)37(29,35)36)23(31-14-16)33-10-2-3-18(15-33)12-17-4-6-19(7-5-17)25(26,27)28/h4-9,11,13-14,18H,2-3,10,12,15H2,1H3,(H2,29,35,36)(H,30,32,34). The third kappa shape index (κ3) is 6.63. The van der Waals surface area contributed by atoms with Crippen LogP contribution < -0.4 is 15.4 Å². The van der Waals surface area contributed by atoms with Crippen molar-refractivity contribution in [3.8, 4) is 0 Å². The molecule has 0 radical (unpaired) electrons. The van der Waals surface area contributed by atoms with Crippen LogP contribution in [0.25, 0.3) is 0 Å². The van der Waals surface area contributed by atoms with Crippen molar-refractivity contribution < 1.29 is 26.4 Å². The summed E-state index contributed by atoms with van der Waals surface area (Å²) in [6.45, 7) is 3.07. The van der Waals surface area contributed by atoms with Gasteiger partial charge in [-0.05, 0) is 67.5 Å². The second kappa shape index (κ2) is 10.5. The molecule has 3 N–H and O–H groups in total. The summed E-state index contributed by atoms with van der Waals surface area (Å²) in [5, 5.41) is 7.46. The monoisotopic (exact) mass is 533 g/mol. The van der Waals surface area contributed by atoms with E-state index >= 15 is 0 Å². The first-order chi connectivity index (χ1) is 17.4. The zero-order valence-electron chi connectivity index (χ0n) is 20.0. The van der Waals surface area contributed by atoms with Crippen molar-refractivity contribution in [3.63, 3.8) is 0 Å². The Kier molecular flexibility index (Phi) is 7.51. The lowest BCUT2D eigenvalue weighted by atomic mass is 9.90. The average molecular weight is 534 g/mol. The number of nitrogens with zero attached hydrogens (tertiary/aromatic N) is 3. The van der Waals surface area contributed by atoms with Crippen molar-refractivity contribution >= 4 is 27.4 Å². The molecule has 4 rings (SSSR count). The Morgan fingerprint density at radius 2 is 1.89 bits per heavy atom. The number of halogens is 3. The van der Waals surface area contributed by atoms with Gasteiger partial charge in [0.15, 0.2) is 5.03 Å². The molecule has 2 aromatic heterocycles. The molecule has 0 aliphatic carbocycles. The molecule has 1 atom stereocenters. The van der Waals surface area contributed by atoms with Crippen LogP contribution in [-0.4, -0.2) is 37.4 Å². The van der Waals surface area contributed by atoms with Gasteiger partial charge in [-0.1, -0.05) is 12.1 Å². The number of aryl methyl sites for hydroxylation is 1. The Bertz CT molecular complexity index is 1400. The van der Waals surface area contributed by atoms with E-state index in [4.69, 9.17) is 5.14 Å². The molecule has 1 unspecified atom stereocenters. The predicted molar refractivity (Wildman–Crippen MR) is 133 cm³/mol. The molecular formula is C25H26F3N5O3S. The van der Waals surface area contributed by atoms with Gasteiger partial charge in [-0.3, -0.25) is 4.79 Å². The van der Waals surface area contributed by atoms with E-state index in [-0.39, 0.29) is 16.6 Å². The van der Waals surface area contributed by atoms with Gasteiger partial charge in [-0.2, -0.15) is 13.2 Å². The van der Waals surface area contributed by atoms with Gasteiger partial charge in [-0.25, -0.2) is 23.5 Å². The number of benzene rings is 1. The number of amides is 1. The fourth-order valence-corrected chi connectivity index (χ4v) is 4.91. The number of anilines is 2. The Hall–Kier alpha value is -3.51. The predicted octanol–water partition coefficient (Wildman–Crippen LogP) is 4.16. The van der Waals surface area contributed by atoms with E-state index < -0.39 is 27.7 Å². The molecule has 8 nitrogen and oxygen atoms in total. The summed E-state index contributed by atoms with van der Waals surface area (Å²) in [7, 11) is -4.04. The van der Waals surface area contributed by atoms with Crippen LogP contribution in [0.3, 0.4) is 0 Å². The van der Waals surface area contributed by atoms with Crippen molar-refractivity contribution in [3.05, 3.63) is 77.1 Å². The van der Waals surface area contributed by atoms with Gasteiger partial charge >= 0.3 is 6.18 Å². The molecule has 1 saturated heterocycles. The molecule has 196 valence electrons. The van der Waals surface area contributed by atoms with Crippen LogP contribution >= 0.6 is 0 Å². The first kappa shape index (κ1) is 26.6. The number of nitrogens with one attached hydrogen (secondary N) is 1. The summed E-state index contributed by atoms with van der Waals surface area (Å²) in [6, 6.07) is 9.55. The quantitative estimate of drug-likeness (QED) is 0.491. The average Bonchev–Trinajstić information content (AvgIpc) is 2.83. The number of carbonyl (C=O) groups is 1. The molecule has 37 heavy (non-hydrogen) atoms. The van der Waals surface area contributed by atoms with Crippen LogP contribution in [0.2, 0.25) is 0 Å². The Morgan fingerprint density at radius 1 is 1.16 bits per heavy atom. The smallest absolute Gasteiger partial charge is 0.356 e. The van der Waals surface area contributed by atoms with Gasteiger partial charge in [-0.15, -0.1) is 0 Å². The lowest BCUT2D eigenvalue weighted by molar-refractivity contribution is -0.137. The van der Waals surface area contributed by atoms with Crippen molar-refractivity contribution in [2.24, 2.45) is 11.1 Å². The number of rotatable bonds is 6. The summed E-state index contributed by atoms with van der Waals surface area (Å²) >= 11 is 0. The van der Waals surface area contributed by atoms with E-state index in [9.17, 15) is 26.4 Å². The van der Waals surface area contributed by atoms with Crippen LogP contribution in [0.15, 0.2) is 59.9 Å². The second-order valence-corrected chi connectivity index (χ2v) is 10.6. The zero-order valence-corrected chi connectivity index (χ0v) is 20.8. The van der Waals surface area contributed by atoms with E-state index in [1.54, 1.807) is 12.3 Å². The molecule has 0 saturated carbocycles. The zero-order chi connectivity index (χ0) is 26.8. The lowest BCUT2D eigenvalue weighted by Gasteiger charge is -2.34. The number of hydrogen-bond acceptors (Lipinski definition) is 6. The van der Waals surface area contributed by atoms with Crippen LogP contribution in [0.4, 0.5) is 24.7 Å². The SMILES string of the molecule is Cc1cnc(N2CCCC(Cc3ccc(C(F)(F)F)cc3)C2)c(C(=O)Nc2ccnc(S(N)(=O)=O)c2)c1. The molecule has 1 amide bonds. The van der Waals surface area contributed by atoms with E-state index in [1.807, 2.05) is 11.8 Å². The summed E-state index contributed by atoms with van der Waals surface area (Å²) in [5.41, 5.74) is 1.45. The number of nitrogens with two attached hydrogens (primary N) is 1. The van der Waals surface area contributed by atoms with Crippen molar-refractivity contribution in [1.29, 1.82) is 0 Å². The Labute approximate surface area is 212 Å². The minimum absolute atomic E-state index is 0.169. The van der Waals surface area contributed by atoms with Gasteiger partial charge < -0.3 is 10.2 Å². The topological polar surface area (TPSA) is 118 Å². The number of aromatic nitrogens is 2. The lowest BCUT2D eigenvalue weighted by Crippen LogP contribution is -2.38. The first-order valence-corrected chi connectivity index (χ1v) is 13.1. The number of primary sulfonamides is 1. The summed E-state index contributed by atoms with van der Waals surface area (Å²) in [5.74, 6) is 0.186. The maximum Gasteiger partial charge on any atom is 0.416 e. The normalized spacial score (nSPS) is 16.5. The van der Waals surface area contributed by atoms with Crippen LogP contribution in [-0.2, 0) is 22.6 Å². The second-order valence-electron chi connectivity index (χ2n) is 9.12. The van der Waals surface area contributed by atoms with Gasteiger partial charge in [0.05, 0.1) is 11.1 Å². The van der Waals surface area contributed by atoms with E-state index in [0.29, 0.717) is 30.9 Å². The van der Waals surface area contributed by atoms with E-state index in [0.717, 1.165) is 36.1 Å². The fraction of sp³-hybridized carbons (Fsp3) is 0.320. The van der Waals surface area contributed by atoms with Crippen molar-refractivity contribution in [2.75, 3.05) is 23.3 Å². The number of sulfonamides is 1. The third-order valence-electron chi connectivity index (χ3n) is 6.16. The molecule has 3 heterocycles. The highest BCUT2D eigenvalue weighted by Crippen LogP contribution is 2.31. The molecule has 1 aliphatic heterocycles. The van der Waals surface area contributed by atoms with Crippen LogP contribution in [0.1, 0.15) is 39.9 Å². The molecule has 1 aromatic carbocycles. The fourth-order valence-electron chi connectivity index (χ4n) is 4.41. The van der Waals surface area contributed by atoms with Gasteiger partial charge in [0.25, 0.3) is 15.9 Å². The Morgan fingerprint density at radius 3 is 2.57 bits per heavy atom. The number of pyridine rings is 2. The first-order valence-electron chi connectivity index (χ1n) is 11.6. The molecule has 12 heteroatoms. The minimum Gasteiger partial charge on any atom is -0.356 e. The van der Waals surface area contributed by atoms with Crippen molar-refractivity contribution in [1.82, 2.24) is 9.97 Å². The minimum atomic E-state index is -4.37. The maximum absolute atomic E-state index is 13.2. The summed E-state index contributed by atoms with van der Waals surface area (Å²) < 4.78 is 61.8. The number of carbonyl (C=O) groups excluding carboxylic acids is 1. The third-order valence-corrected chi connectivity index (χ3v) is 6.96. The highest BCUT2D eigenvalue weighted by Gasteiger charge is 2.30. The van der Waals surface area contributed by atoms with Crippen molar-refractivity contribution in [2.45, 2.75) is 37.4 Å². The van der Waals surface area contributed by atoms with Gasteiger partial charge in [0, 0.05) is 37.2 Å². The maximum atomic E-state index is 13.2. The number of alkyl halides is 3. The van der Waals surface area contributed by atoms with Gasteiger partial charge in [0.1, 0.15) is 5.82 Å². The van der Waals surface area contributed by atoms with Crippen LogP contribution in [0, 0.1) is 12.8 Å². The molecule has 0 bridgehead atoms. The number of hydrogen-bond donors (Lipinski definition) is 2. The largest absolute Gasteiger partial charge is 0.416 e. The van der Waals surface area contributed by atoms with Crippen LogP contribution in [0.5, 0.6) is 0 Å². The van der Waals surface area contributed by atoms with E-state index in [2.05, 4.69) is 15.3 Å². The summed E-state index contributed by atoms with van der Waals surface area (Å²) in [4.78, 5) is 23.4. The van der Waals surface area contributed by atoms with E-state index in [1.165, 1.54) is 30.5 Å².